The van der Waals surface area contributed by atoms with Crippen molar-refractivity contribution in [1.29, 1.82) is 0 Å². The molecule has 0 atom stereocenters. The molecule has 0 aliphatic heterocycles. The van der Waals surface area contributed by atoms with E-state index in [1.54, 1.807) is 12.1 Å². The summed E-state index contributed by atoms with van der Waals surface area (Å²) >= 11 is 12.1. The van der Waals surface area contributed by atoms with Crippen LogP contribution < -0.4 is 10.6 Å². The van der Waals surface area contributed by atoms with Crippen LogP contribution in [-0.4, -0.2) is 7.05 Å². The number of nitrogens with two attached hydrogens (primary N) is 1. The molecule has 2 nitrogen and oxygen atoms in total. The van der Waals surface area contributed by atoms with Gasteiger partial charge < -0.3 is 10.6 Å². The number of hydrogen-bond acceptors (Lipinski definition) is 2. The summed E-state index contributed by atoms with van der Waals surface area (Å²) in [7, 11) is 1.93. The summed E-state index contributed by atoms with van der Waals surface area (Å²) in [6, 6.07) is 13.0. The molecule has 0 aromatic heterocycles. The molecule has 4 heteroatoms. The molecule has 2 aromatic carbocycles. The van der Waals surface area contributed by atoms with Gasteiger partial charge in [0, 0.05) is 23.4 Å². The summed E-state index contributed by atoms with van der Waals surface area (Å²) in [5.74, 6) is 0. The van der Waals surface area contributed by atoms with Gasteiger partial charge in [0.1, 0.15) is 0 Å². The zero-order chi connectivity index (χ0) is 12.4. The van der Waals surface area contributed by atoms with Gasteiger partial charge in [0.05, 0.1) is 10.7 Å². The molecule has 0 amide bonds. The Kier molecular flexibility index (Phi) is 3.46. The van der Waals surface area contributed by atoms with Gasteiger partial charge in [0.15, 0.2) is 0 Å². The van der Waals surface area contributed by atoms with E-state index in [1.165, 1.54) is 0 Å². The molecular weight excluding hydrogens is 255 g/mol. The first-order valence-corrected chi connectivity index (χ1v) is 5.88. The molecule has 0 saturated heterocycles. The molecule has 0 fully saturated rings. The summed E-state index contributed by atoms with van der Waals surface area (Å²) < 4.78 is 0. The first-order valence-electron chi connectivity index (χ1n) is 5.12. The van der Waals surface area contributed by atoms with Gasteiger partial charge >= 0.3 is 0 Å². The van der Waals surface area contributed by atoms with Crippen LogP contribution in [0, 0.1) is 0 Å². The lowest BCUT2D eigenvalue weighted by molar-refractivity contribution is 1.21. The van der Waals surface area contributed by atoms with Crippen LogP contribution in [0.25, 0.3) is 0 Å². The number of rotatable bonds is 2. The van der Waals surface area contributed by atoms with E-state index >= 15 is 0 Å². The average Bonchev–Trinajstić information content (AvgIpc) is 2.32. The molecule has 0 aliphatic rings. The van der Waals surface area contributed by atoms with Crippen LogP contribution in [0.5, 0.6) is 0 Å². The van der Waals surface area contributed by atoms with Crippen LogP contribution in [0.15, 0.2) is 42.5 Å². The molecule has 0 aliphatic carbocycles. The lowest BCUT2D eigenvalue weighted by atomic mass is 10.2. The molecule has 0 bridgehead atoms. The Balaban J connectivity index is 2.39. The zero-order valence-electron chi connectivity index (χ0n) is 9.32. The van der Waals surface area contributed by atoms with Crippen molar-refractivity contribution in [3.63, 3.8) is 0 Å². The number of hydrogen-bond donors (Lipinski definition) is 1. The molecule has 2 aromatic rings. The van der Waals surface area contributed by atoms with Crippen LogP contribution in [0.2, 0.25) is 10.0 Å². The Morgan fingerprint density at radius 1 is 1.00 bits per heavy atom. The van der Waals surface area contributed by atoms with Crippen LogP contribution in [0.4, 0.5) is 17.1 Å². The topological polar surface area (TPSA) is 29.3 Å². The predicted octanol–water partition coefficient (Wildman–Crippen LogP) is 4.34. The van der Waals surface area contributed by atoms with Crippen LogP contribution >= 0.6 is 23.2 Å². The summed E-state index contributed by atoms with van der Waals surface area (Å²) in [6.07, 6.45) is 0. The van der Waals surface area contributed by atoms with Crippen molar-refractivity contribution in [2.24, 2.45) is 0 Å². The summed E-state index contributed by atoms with van der Waals surface area (Å²) in [4.78, 5) is 1.97. The maximum absolute atomic E-state index is 6.15. The summed E-state index contributed by atoms with van der Waals surface area (Å²) in [5.41, 5.74) is 8.26. The maximum atomic E-state index is 6.15. The number of nitrogen functional groups attached to an aromatic ring is 1. The fraction of sp³-hybridized carbons (Fsp3) is 0.0769. The van der Waals surface area contributed by atoms with Gasteiger partial charge in [0.25, 0.3) is 0 Å². The summed E-state index contributed by atoms with van der Waals surface area (Å²) in [6.45, 7) is 0. The highest BCUT2D eigenvalue weighted by molar-refractivity contribution is 6.35. The fourth-order valence-corrected chi connectivity index (χ4v) is 1.99. The van der Waals surface area contributed by atoms with Gasteiger partial charge in [-0.2, -0.15) is 0 Å². The molecule has 88 valence electrons. The third-order valence-corrected chi connectivity index (χ3v) is 3.10. The van der Waals surface area contributed by atoms with E-state index in [-0.39, 0.29) is 0 Å². The van der Waals surface area contributed by atoms with E-state index < -0.39 is 0 Å². The number of benzene rings is 2. The highest BCUT2D eigenvalue weighted by atomic mass is 35.5. The molecular formula is C13H12Cl2N2. The van der Waals surface area contributed by atoms with Crippen LogP contribution in [0.1, 0.15) is 0 Å². The first-order chi connectivity index (χ1) is 8.08. The first kappa shape index (κ1) is 12.1. The van der Waals surface area contributed by atoms with Crippen molar-refractivity contribution in [3.8, 4) is 0 Å². The van der Waals surface area contributed by atoms with Gasteiger partial charge in [0.2, 0.25) is 0 Å². The number of halogens is 2. The molecule has 0 radical (unpaired) electrons. The smallest absolute Gasteiger partial charge is 0.0644 e. The Morgan fingerprint density at radius 3 is 2.29 bits per heavy atom. The largest absolute Gasteiger partial charge is 0.399 e. The third-order valence-electron chi connectivity index (χ3n) is 2.55. The number of anilines is 3. The minimum atomic E-state index is 0.659. The highest BCUT2D eigenvalue weighted by Gasteiger charge is 2.08. The van der Waals surface area contributed by atoms with Crippen LogP contribution in [-0.2, 0) is 0 Å². The van der Waals surface area contributed by atoms with E-state index in [4.69, 9.17) is 28.9 Å². The van der Waals surface area contributed by atoms with Gasteiger partial charge in [-0.05, 0) is 42.5 Å². The second-order valence-electron chi connectivity index (χ2n) is 3.75. The van der Waals surface area contributed by atoms with E-state index in [0.717, 1.165) is 17.1 Å². The third kappa shape index (κ3) is 2.65. The number of nitrogens with zero attached hydrogens (tertiary/aromatic N) is 1. The Labute approximate surface area is 111 Å². The molecule has 0 heterocycles. The standard InChI is InChI=1S/C13H12Cl2N2/c1-17(11-5-3-10(16)4-6-11)13-8-9(14)2-7-12(13)15/h2-8H,16H2,1H3. The minimum Gasteiger partial charge on any atom is -0.399 e. The average molecular weight is 267 g/mol. The van der Waals surface area contributed by atoms with Crippen molar-refractivity contribution < 1.29 is 0 Å². The van der Waals surface area contributed by atoms with E-state index in [9.17, 15) is 0 Å². The quantitative estimate of drug-likeness (QED) is 0.820. The van der Waals surface area contributed by atoms with E-state index in [0.29, 0.717) is 10.0 Å². The van der Waals surface area contributed by atoms with Crippen molar-refractivity contribution in [3.05, 3.63) is 52.5 Å². The second kappa shape index (κ2) is 4.86. The predicted molar refractivity (Wildman–Crippen MR) is 75.4 cm³/mol. The maximum Gasteiger partial charge on any atom is 0.0644 e. The Bertz CT molecular complexity index is 523. The van der Waals surface area contributed by atoms with E-state index in [2.05, 4.69) is 0 Å². The Hall–Kier alpha value is -1.38. The minimum absolute atomic E-state index is 0.659. The SMILES string of the molecule is CN(c1ccc(N)cc1)c1cc(Cl)ccc1Cl. The molecule has 2 N–H and O–H groups in total. The normalized spacial score (nSPS) is 10.3. The fourth-order valence-electron chi connectivity index (χ4n) is 1.58. The molecule has 0 saturated carbocycles. The Morgan fingerprint density at radius 2 is 1.65 bits per heavy atom. The monoisotopic (exact) mass is 266 g/mol. The molecule has 17 heavy (non-hydrogen) atoms. The summed E-state index contributed by atoms with van der Waals surface area (Å²) in [5, 5.41) is 1.32. The molecule has 0 unspecified atom stereocenters. The highest BCUT2D eigenvalue weighted by Crippen LogP contribution is 2.32. The molecule has 0 spiro atoms. The second-order valence-corrected chi connectivity index (χ2v) is 4.59. The van der Waals surface area contributed by atoms with Gasteiger partial charge in [-0.25, -0.2) is 0 Å². The zero-order valence-corrected chi connectivity index (χ0v) is 10.8. The molecule has 2 rings (SSSR count). The lowest BCUT2D eigenvalue weighted by Gasteiger charge is -2.21. The van der Waals surface area contributed by atoms with Crippen molar-refractivity contribution in [2.75, 3.05) is 17.7 Å². The van der Waals surface area contributed by atoms with Crippen molar-refractivity contribution >= 4 is 40.3 Å². The van der Waals surface area contributed by atoms with E-state index in [1.807, 2.05) is 42.3 Å². The van der Waals surface area contributed by atoms with Crippen molar-refractivity contribution in [2.45, 2.75) is 0 Å². The van der Waals surface area contributed by atoms with Gasteiger partial charge in [-0.1, -0.05) is 23.2 Å². The lowest BCUT2D eigenvalue weighted by Crippen LogP contribution is -2.09. The van der Waals surface area contributed by atoms with Gasteiger partial charge in [-0.3, -0.25) is 0 Å². The van der Waals surface area contributed by atoms with Gasteiger partial charge in [-0.15, -0.1) is 0 Å². The van der Waals surface area contributed by atoms with Crippen molar-refractivity contribution in [1.82, 2.24) is 0 Å². The van der Waals surface area contributed by atoms with Crippen LogP contribution in [0.3, 0.4) is 0 Å².